The maximum absolute atomic E-state index is 12.3. The lowest BCUT2D eigenvalue weighted by molar-refractivity contribution is -0.172. The van der Waals surface area contributed by atoms with Crippen molar-refractivity contribution in [1.82, 2.24) is 9.55 Å². The monoisotopic (exact) mass is 340 g/mol. The average Bonchev–Trinajstić information content (AvgIpc) is 2.87. The van der Waals surface area contributed by atoms with Crippen molar-refractivity contribution in [1.29, 1.82) is 0 Å². The molecule has 24 heavy (non-hydrogen) atoms. The molecular formula is C15H20N2O7. The van der Waals surface area contributed by atoms with E-state index in [0.29, 0.717) is 0 Å². The molecule has 0 amide bonds. The minimum absolute atomic E-state index is 0.0290. The lowest BCUT2D eigenvalue weighted by atomic mass is 9.82. The minimum Gasteiger partial charge on any atom is -0.465 e. The van der Waals surface area contributed by atoms with Crippen molar-refractivity contribution in [2.24, 2.45) is 5.41 Å². The Morgan fingerprint density at radius 1 is 1.33 bits per heavy atom. The minimum atomic E-state index is -1.30. The van der Waals surface area contributed by atoms with Crippen LogP contribution in [0.1, 0.15) is 33.4 Å². The third-order valence-electron chi connectivity index (χ3n) is 3.87. The van der Waals surface area contributed by atoms with Crippen LogP contribution < -0.4 is 11.2 Å². The van der Waals surface area contributed by atoms with Crippen molar-refractivity contribution in [3.63, 3.8) is 0 Å². The zero-order chi connectivity index (χ0) is 17.9. The Morgan fingerprint density at radius 3 is 2.58 bits per heavy atom. The van der Waals surface area contributed by atoms with Gasteiger partial charge in [-0.1, -0.05) is 0 Å². The van der Waals surface area contributed by atoms with Crippen LogP contribution in [0.5, 0.6) is 0 Å². The van der Waals surface area contributed by atoms with Crippen LogP contribution in [0.2, 0.25) is 0 Å². The molecule has 0 unspecified atom stereocenters. The Labute approximate surface area is 137 Å². The van der Waals surface area contributed by atoms with Crippen molar-refractivity contribution in [2.45, 2.75) is 39.5 Å². The molecule has 132 valence electrons. The topological polar surface area (TPSA) is 117 Å². The number of nitrogens with one attached hydrogen (secondary N) is 1. The molecule has 0 radical (unpaired) electrons. The highest BCUT2D eigenvalue weighted by atomic mass is 16.6. The molecule has 1 aromatic heterocycles. The molecule has 0 spiro atoms. The van der Waals surface area contributed by atoms with Crippen molar-refractivity contribution >= 4 is 11.9 Å². The van der Waals surface area contributed by atoms with E-state index >= 15 is 0 Å². The van der Waals surface area contributed by atoms with Gasteiger partial charge in [0.15, 0.2) is 6.10 Å². The summed E-state index contributed by atoms with van der Waals surface area (Å²) in [5, 5.41) is 0. The first-order valence-corrected chi connectivity index (χ1v) is 7.64. The van der Waals surface area contributed by atoms with Crippen molar-refractivity contribution in [2.75, 3.05) is 13.2 Å². The van der Waals surface area contributed by atoms with Crippen LogP contribution >= 0.6 is 0 Å². The van der Waals surface area contributed by atoms with Crippen molar-refractivity contribution < 1.29 is 23.8 Å². The number of hydrogen-bond donors (Lipinski definition) is 1. The van der Waals surface area contributed by atoms with Crippen LogP contribution in [0.25, 0.3) is 0 Å². The first kappa shape index (κ1) is 17.9. The summed E-state index contributed by atoms with van der Waals surface area (Å²) in [6.07, 6.45) is -0.829. The van der Waals surface area contributed by atoms with E-state index in [1.54, 1.807) is 13.8 Å². The van der Waals surface area contributed by atoms with Crippen LogP contribution in [0, 0.1) is 5.41 Å². The van der Waals surface area contributed by atoms with Gasteiger partial charge in [0.1, 0.15) is 11.6 Å². The van der Waals surface area contributed by atoms with Gasteiger partial charge >= 0.3 is 17.6 Å². The fourth-order valence-corrected chi connectivity index (χ4v) is 2.66. The van der Waals surface area contributed by atoms with E-state index in [1.165, 1.54) is 13.1 Å². The zero-order valence-electron chi connectivity index (χ0n) is 13.7. The highest BCUT2D eigenvalue weighted by Gasteiger charge is 2.56. The highest BCUT2D eigenvalue weighted by molar-refractivity contribution is 5.87. The van der Waals surface area contributed by atoms with E-state index in [2.05, 4.69) is 4.98 Å². The Bertz CT molecular complexity index is 738. The second kappa shape index (κ2) is 7.00. The number of esters is 2. The molecule has 1 aliphatic rings. The first-order chi connectivity index (χ1) is 11.3. The summed E-state index contributed by atoms with van der Waals surface area (Å²) in [6.45, 7) is 5.09. The Kier molecular flexibility index (Phi) is 5.23. The standard InChI is InChI=1S/C15H20N2O7/c1-4-22-12(19)11-15(3,13(20)23-5-2)8-10(24-11)17-7-6-9(18)16-14(17)21/h6-7,10-11H,4-5,8H2,1-3H3,(H,16,18,21)/t10-,11+,15+/m0/s1. The summed E-state index contributed by atoms with van der Waals surface area (Å²) < 4.78 is 16.8. The molecule has 0 aromatic carbocycles. The first-order valence-electron chi connectivity index (χ1n) is 7.64. The molecule has 9 heteroatoms. The van der Waals surface area contributed by atoms with E-state index in [9.17, 15) is 19.2 Å². The van der Waals surface area contributed by atoms with Gasteiger partial charge in [0.05, 0.1) is 13.2 Å². The number of carbonyl (C=O) groups excluding carboxylic acids is 2. The fourth-order valence-electron chi connectivity index (χ4n) is 2.66. The molecule has 0 saturated carbocycles. The Balaban J connectivity index is 2.38. The second-order valence-electron chi connectivity index (χ2n) is 5.58. The van der Waals surface area contributed by atoms with E-state index in [1.807, 2.05) is 0 Å². The molecule has 1 N–H and O–H groups in total. The summed E-state index contributed by atoms with van der Waals surface area (Å²) in [5.41, 5.74) is -2.55. The van der Waals surface area contributed by atoms with Gasteiger partial charge in [0.25, 0.3) is 5.56 Å². The van der Waals surface area contributed by atoms with Gasteiger partial charge in [-0.05, 0) is 20.8 Å². The van der Waals surface area contributed by atoms with E-state index < -0.39 is 40.9 Å². The third kappa shape index (κ3) is 3.25. The fraction of sp³-hybridized carbons (Fsp3) is 0.600. The summed E-state index contributed by atoms with van der Waals surface area (Å²) in [4.78, 5) is 49.7. The molecule has 1 aromatic rings. The number of aromatic nitrogens is 2. The normalized spacial score (nSPS) is 26.1. The number of H-pyrrole nitrogens is 1. The molecular weight excluding hydrogens is 320 g/mol. The lowest BCUT2D eigenvalue weighted by Crippen LogP contribution is -2.43. The van der Waals surface area contributed by atoms with Crippen LogP contribution in [0.3, 0.4) is 0 Å². The van der Waals surface area contributed by atoms with E-state index in [4.69, 9.17) is 14.2 Å². The largest absolute Gasteiger partial charge is 0.465 e. The second-order valence-corrected chi connectivity index (χ2v) is 5.58. The van der Waals surface area contributed by atoms with Crippen LogP contribution in [0.15, 0.2) is 21.9 Å². The van der Waals surface area contributed by atoms with Crippen LogP contribution in [0.4, 0.5) is 0 Å². The molecule has 1 aliphatic heterocycles. The SMILES string of the molecule is CCOC(=O)[C@H]1O[C@H](n2ccc(=O)[nH]c2=O)C[C@@]1(C)C(=O)OCC. The quantitative estimate of drug-likeness (QED) is 0.747. The van der Waals surface area contributed by atoms with E-state index in [0.717, 1.165) is 10.6 Å². The number of nitrogens with zero attached hydrogens (tertiary/aromatic N) is 1. The molecule has 1 fully saturated rings. The number of carbonyl (C=O) groups is 2. The molecule has 0 bridgehead atoms. The van der Waals surface area contributed by atoms with Gasteiger partial charge in [-0.25, -0.2) is 9.59 Å². The number of aromatic amines is 1. The van der Waals surface area contributed by atoms with Crippen molar-refractivity contribution in [3.05, 3.63) is 33.1 Å². The average molecular weight is 340 g/mol. The molecule has 0 aliphatic carbocycles. The molecule has 1 saturated heterocycles. The molecule has 2 rings (SSSR count). The zero-order valence-corrected chi connectivity index (χ0v) is 13.7. The van der Waals surface area contributed by atoms with Gasteiger partial charge in [-0.15, -0.1) is 0 Å². The van der Waals surface area contributed by atoms with Crippen LogP contribution in [-0.4, -0.2) is 40.8 Å². The molecule has 2 heterocycles. The third-order valence-corrected chi connectivity index (χ3v) is 3.87. The van der Waals surface area contributed by atoms with Gasteiger partial charge in [-0.2, -0.15) is 0 Å². The van der Waals surface area contributed by atoms with Gasteiger partial charge in [-0.3, -0.25) is 19.1 Å². The predicted octanol–water partition coefficient (Wildman–Crippen LogP) is -0.0434. The molecule has 9 nitrogen and oxygen atoms in total. The van der Waals surface area contributed by atoms with E-state index in [-0.39, 0.29) is 19.6 Å². The Morgan fingerprint density at radius 2 is 2.00 bits per heavy atom. The summed E-state index contributed by atoms with van der Waals surface area (Å²) in [7, 11) is 0. The highest BCUT2D eigenvalue weighted by Crippen LogP contribution is 2.44. The smallest absolute Gasteiger partial charge is 0.336 e. The van der Waals surface area contributed by atoms with Gasteiger partial charge in [0, 0.05) is 18.7 Å². The summed E-state index contributed by atoms with van der Waals surface area (Å²) >= 11 is 0. The molecule has 3 atom stereocenters. The summed E-state index contributed by atoms with van der Waals surface area (Å²) in [5.74, 6) is -1.31. The van der Waals surface area contributed by atoms with Crippen molar-refractivity contribution in [3.8, 4) is 0 Å². The lowest BCUT2D eigenvalue weighted by Gasteiger charge is -2.25. The van der Waals surface area contributed by atoms with Crippen LogP contribution in [-0.2, 0) is 23.8 Å². The van der Waals surface area contributed by atoms with Gasteiger partial charge < -0.3 is 14.2 Å². The maximum atomic E-state index is 12.3. The maximum Gasteiger partial charge on any atom is 0.336 e. The van der Waals surface area contributed by atoms with Gasteiger partial charge in [0.2, 0.25) is 0 Å². The predicted molar refractivity (Wildman–Crippen MR) is 81.2 cm³/mol. The number of rotatable bonds is 5. The number of ether oxygens (including phenoxy) is 3. The Hall–Kier alpha value is -2.42. The number of hydrogen-bond acceptors (Lipinski definition) is 7. The summed E-state index contributed by atoms with van der Waals surface area (Å²) in [6, 6.07) is 1.16.